The molecule has 0 bridgehead atoms. The van der Waals surface area contributed by atoms with E-state index >= 15 is 0 Å². The molecular weight excluding hydrogens is 350 g/mol. The zero-order valence-corrected chi connectivity index (χ0v) is 16.9. The van der Waals surface area contributed by atoms with Crippen molar-refractivity contribution < 1.29 is 4.79 Å². The van der Waals surface area contributed by atoms with Crippen LogP contribution in [0.4, 0.5) is 0 Å². The second kappa shape index (κ2) is 7.70. The van der Waals surface area contributed by atoms with Crippen molar-refractivity contribution in [3.05, 3.63) is 46.8 Å². The predicted molar refractivity (Wildman–Crippen MR) is 109 cm³/mol. The van der Waals surface area contributed by atoms with E-state index in [0.29, 0.717) is 18.0 Å². The quantitative estimate of drug-likeness (QED) is 0.699. The van der Waals surface area contributed by atoms with Crippen LogP contribution in [0, 0.1) is 20.8 Å². The molecule has 0 saturated carbocycles. The maximum absolute atomic E-state index is 12.9. The summed E-state index contributed by atoms with van der Waals surface area (Å²) in [6, 6.07) is 8.14. The highest BCUT2D eigenvalue weighted by Crippen LogP contribution is 2.21. The fourth-order valence-corrected chi connectivity index (χ4v) is 3.95. The van der Waals surface area contributed by atoms with Crippen molar-refractivity contribution in [1.29, 1.82) is 0 Å². The zero-order valence-electron chi connectivity index (χ0n) is 16.9. The Kier molecular flexibility index (Phi) is 5.11. The number of carbonyl (C=O) groups excluding carboxylic acids is 1. The summed E-state index contributed by atoms with van der Waals surface area (Å²) in [5, 5.41) is 4.68. The first-order chi connectivity index (χ1) is 13.5. The molecule has 0 N–H and O–H groups in total. The first kappa shape index (κ1) is 18.6. The molecule has 1 aliphatic rings. The molecule has 0 aliphatic carbocycles. The summed E-state index contributed by atoms with van der Waals surface area (Å²) < 4.78 is 1.77. The van der Waals surface area contributed by atoms with Crippen LogP contribution in [-0.2, 0) is 11.2 Å². The molecule has 1 saturated heterocycles. The molecule has 0 atom stereocenters. The highest BCUT2D eigenvalue weighted by atomic mass is 16.2. The molecule has 0 unspecified atom stereocenters. The summed E-state index contributed by atoms with van der Waals surface area (Å²) >= 11 is 0. The van der Waals surface area contributed by atoms with E-state index in [1.807, 2.05) is 30.9 Å². The van der Waals surface area contributed by atoms with Crippen LogP contribution in [0.5, 0.6) is 0 Å². The molecule has 1 amide bonds. The van der Waals surface area contributed by atoms with Crippen LogP contribution in [0.1, 0.15) is 48.2 Å². The standard InChI is InChI=1S/C22H27N5O/c1-15-9-8-10-18(13-15)21-24-22-23-16(2)19(17(3)27(22)25-21)14-20(28)26-11-6-4-5-7-12-26/h8-10,13H,4-7,11-12,14H2,1-3H3. The third-order valence-electron chi connectivity index (χ3n) is 5.61. The van der Waals surface area contributed by atoms with Gasteiger partial charge in [-0.25, -0.2) is 9.50 Å². The molecule has 2 aromatic heterocycles. The fraction of sp³-hybridized carbons (Fsp3) is 0.455. The van der Waals surface area contributed by atoms with Crippen molar-refractivity contribution in [3.8, 4) is 11.4 Å². The number of aryl methyl sites for hydroxylation is 3. The molecule has 4 rings (SSSR count). The molecule has 6 nitrogen and oxygen atoms in total. The number of likely N-dealkylation sites (tertiary alicyclic amines) is 1. The Morgan fingerprint density at radius 3 is 2.50 bits per heavy atom. The molecular formula is C22H27N5O. The minimum Gasteiger partial charge on any atom is -0.342 e. The third kappa shape index (κ3) is 3.63. The van der Waals surface area contributed by atoms with Crippen molar-refractivity contribution in [2.45, 2.75) is 52.9 Å². The highest BCUT2D eigenvalue weighted by Gasteiger charge is 2.20. The van der Waals surface area contributed by atoms with Gasteiger partial charge in [0.05, 0.1) is 6.42 Å². The fourth-order valence-electron chi connectivity index (χ4n) is 3.95. The first-order valence-corrected chi connectivity index (χ1v) is 10.1. The largest absolute Gasteiger partial charge is 0.342 e. The summed E-state index contributed by atoms with van der Waals surface area (Å²) in [5.41, 5.74) is 4.90. The second-order valence-electron chi connectivity index (χ2n) is 7.75. The third-order valence-corrected chi connectivity index (χ3v) is 5.61. The number of rotatable bonds is 3. The Hall–Kier alpha value is -2.76. The Morgan fingerprint density at radius 1 is 1.04 bits per heavy atom. The van der Waals surface area contributed by atoms with E-state index in [2.05, 4.69) is 34.1 Å². The Labute approximate surface area is 165 Å². The van der Waals surface area contributed by atoms with Crippen LogP contribution < -0.4 is 0 Å². The molecule has 0 spiro atoms. The molecule has 1 aromatic carbocycles. The van der Waals surface area contributed by atoms with Crippen LogP contribution in [0.15, 0.2) is 24.3 Å². The van der Waals surface area contributed by atoms with Crippen molar-refractivity contribution in [2.24, 2.45) is 0 Å². The minimum absolute atomic E-state index is 0.188. The normalized spacial score (nSPS) is 15.0. The highest BCUT2D eigenvalue weighted by molar-refractivity contribution is 5.79. The summed E-state index contributed by atoms with van der Waals surface area (Å²) in [6.45, 7) is 7.75. The van der Waals surface area contributed by atoms with Gasteiger partial charge in [-0.2, -0.15) is 4.98 Å². The topological polar surface area (TPSA) is 63.4 Å². The van der Waals surface area contributed by atoms with E-state index in [0.717, 1.165) is 48.4 Å². The van der Waals surface area contributed by atoms with Gasteiger partial charge in [0, 0.05) is 35.6 Å². The molecule has 3 heterocycles. The van der Waals surface area contributed by atoms with Gasteiger partial charge in [-0.15, -0.1) is 5.10 Å². The van der Waals surface area contributed by atoms with E-state index in [-0.39, 0.29) is 5.91 Å². The van der Waals surface area contributed by atoms with Gasteiger partial charge in [0.25, 0.3) is 5.78 Å². The average molecular weight is 377 g/mol. The van der Waals surface area contributed by atoms with Crippen molar-refractivity contribution in [1.82, 2.24) is 24.5 Å². The van der Waals surface area contributed by atoms with E-state index in [1.165, 1.54) is 18.4 Å². The van der Waals surface area contributed by atoms with Crippen LogP contribution in [0.2, 0.25) is 0 Å². The number of nitrogens with zero attached hydrogens (tertiary/aromatic N) is 5. The van der Waals surface area contributed by atoms with Crippen molar-refractivity contribution in [2.75, 3.05) is 13.1 Å². The zero-order chi connectivity index (χ0) is 19.7. The van der Waals surface area contributed by atoms with Gasteiger partial charge < -0.3 is 4.90 Å². The van der Waals surface area contributed by atoms with Crippen molar-refractivity contribution >= 4 is 11.7 Å². The van der Waals surface area contributed by atoms with Gasteiger partial charge in [-0.05, 0) is 39.7 Å². The van der Waals surface area contributed by atoms with E-state index < -0.39 is 0 Å². The summed E-state index contributed by atoms with van der Waals surface area (Å²) in [7, 11) is 0. The Morgan fingerprint density at radius 2 is 1.79 bits per heavy atom. The van der Waals surface area contributed by atoms with Crippen LogP contribution in [0.25, 0.3) is 17.2 Å². The maximum atomic E-state index is 12.9. The van der Waals surface area contributed by atoms with Crippen LogP contribution >= 0.6 is 0 Å². The van der Waals surface area contributed by atoms with Crippen LogP contribution in [-0.4, -0.2) is 43.5 Å². The molecule has 146 valence electrons. The molecule has 1 fully saturated rings. The number of amides is 1. The lowest BCUT2D eigenvalue weighted by Crippen LogP contribution is -2.33. The molecule has 1 aliphatic heterocycles. The monoisotopic (exact) mass is 377 g/mol. The maximum Gasteiger partial charge on any atom is 0.253 e. The number of fused-ring (bicyclic) bond motifs is 1. The lowest BCUT2D eigenvalue weighted by molar-refractivity contribution is -0.130. The van der Waals surface area contributed by atoms with Gasteiger partial charge in [-0.3, -0.25) is 4.79 Å². The number of hydrogen-bond acceptors (Lipinski definition) is 4. The van der Waals surface area contributed by atoms with E-state index in [4.69, 9.17) is 0 Å². The predicted octanol–water partition coefficient (Wildman–Crippen LogP) is 3.66. The summed E-state index contributed by atoms with van der Waals surface area (Å²) in [4.78, 5) is 24.1. The van der Waals surface area contributed by atoms with E-state index in [9.17, 15) is 4.79 Å². The number of benzene rings is 1. The number of carbonyl (C=O) groups is 1. The van der Waals surface area contributed by atoms with E-state index in [1.54, 1.807) is 4.52 Å². The number of aromatic nitrogens is 4. The van der Waals surface area contributed by atoms with Gasteiger partial charge in [0.1, 0.15) is 0 Å². The average Bonchev–Trinajstić information content (AvgIpc) is 2.91. The van der Waals surface area contributed by atoms with Gasteiger partial charge in [0.2, 0.25) is 5.91 Å². The summed E-state index contributed by atoms with van der Waals surface area (Å²) in [6.07, 6.45) is 5.01. The molecule has 0 radical (unpaired) electrons. The Bertz CT molecular complexity index is 1020. The Balaban J connectivity index is 1.66. The first-order valence-electron chi connectivity index (χ1n) is 10.1. The SMILES string of the molecule is Cc1cccc(-c2nc3nc(C)c(CC(=O)N4CCCCCC4)c(C)n3n2)c1. The minimum atomic E-state index is 0.188. The van der Waals surface area contributed by atoms with Gasteiger partial charge >= 0.3 is 0 Å². The summed E-state index contributed by atoms with van der Waals surface area (Å²) in [5.74, 6) is 1.43. The van der Waals surface area contributed by atoms with Crippen molar-refractivity contribution in [3.63, 3.8) is 0 Å². The molecule has 28 heavy (non-hydrogen) atoms. The second-order valence-corrected chi connectivity index (χ2v) is 7.75. The molecule has 6 heteroatoms. The lowest BCUT2D eigenvalue weighted by Gasteiger charge is -2.21. The smallest absolute Gasteiger partial charge is 0.253 e. The number of hydrogen-bond donors (Lipinski definition) is 0. The van der Waals surface area contributed by atoms with Gasteiger partial charge in [-0.1, -0.05) is 36.6 Å². The lowest BCUT2D eigenvalue weighted by atomic mass is 10.1. The molecule has 3 aromatic rings. The van der Waals surface area contributed by atoms with Crippen LogP contribution in [0.3, 0.4) is 0 Å². The van der Waals surface area contributed by atoms with Gasteiger partial charge in [0.15, 0.2) is 5.82 Å².